The Morgan fingerprint density at radius 2 is 2.25 bits per heavy atom. The van der Waals surface area contributed by atoms with Crippen LogP contribution in [0, 0.1) is 11.8 Å². The summed E-state index contributed by atoms with van der Waals surface area (Å²) in [7, 11) is 1.99. The lowest BCUT2D eigenvalue weighted by Gasteiger charge is -2.24. The van der Waals surface area contributed by atoms with E-state index in [1.165, 1.54) is 25.7 Å². The first-order chi connectivity index (χ1) is 5.83. The second kappa shape index (κ2) is 5.36. The molecular weight excluding hydrogens is 146 g/mol. The van der Waals surface area contributed by atoms with Gasteiger partial charge in [-0.25, -0.2) is 0 Å². The average molecular weight is 167 g/mol. The van der Waals surface area contributed by atoms with Crippen molar-refractivity contribution < 1.29 is 0 Å². The Labute approximate surface area is 76.2 Å². The summed E-state index contributed by atoms with van der Waals surface area (Å²) < 4.78 is 0. The van der Waals surface area contributed by atoms with Gasteiger partial charge >= 0.3 is 0 Å². The van der Waals surface area contributed by atoms with Crippen molar-refractivity contribution in [2.24, 2.45) is 11.8 Å². The normalized spacial score (nSPS) is 31.2. The van der Waals surface area contributed by atoms with Crippen molar-refractivity contribution in [1.29, 1.82) is 0 Å². The highest BCUT2D eigenvalue weighted by molar-refractivity contribution is 4.91. The molecular formula is C11H21N. The molecule has 0 amide bonds. The molecule has 1 rings (SSSR count). The summed E-state index contributed by atoms with van der Waals surface area (Å²) in [5, 5.41) is 3.13. The van der Waals surface area contributed by atoms with Crippen LogP contribution in [0.25, 0.3) is 0 Å². The molecule has 2 unspecified atom stereocenters. The maximum Gasteiger partial charge on any atom is 0.0131 e. The summed E-state index contributed by atoms with van der Waals surface area (Å²) in [5.74, 6) is 1.81. The van der Waals surface area contributed by atoms with Crippen LogP contribution in [0.5, 0.6) is 0 Å². The third-order valence-corrected chi connectivity index (χ3v) is 2.71. The van der Waals surface area contributed by atoms with Crippen molar-refractivity contribution in [2.45, 2.75) is 32.6 Å². The summed E-state index contributed by atoms with van der Waals surface area (Å²) in [6.07, 6.45) is 10.3. The Morgan fingerprint density at radius 3 is 2.92 bits per heavy atom. The van der Waals surface area contributed by atoms with Crippen LogP contribution in [-0.4, -0.2) is 13.6 Å². The van der Waals surface area contributed by atoms with E-state index in [1.807, 2.05) is 7.05 Å². The summed E-state index contributed by atoms with van der Waals surface area (Å²) in [5.41, 5.74) is 0. The summed E-state index contributed by atoms with van der Waals surface area (Å²) in [4.78, 5) is 0. The molecule has 1 N–H and O–H groups in total. The highest BCUT2D eigenvalue weighted by Crippen LogP contribution is 2.29. The van der Waals surface area contributed by atoms with Gasteiger partial charge in [0.1, 0.15) is 0 Å². The average Bonchev–Trinajstić information content (AvgIpc) is 2.05. The standard InChI is InChI=1S/C11H21N/c1-10-5-3-6-11(9-10)7-4-8-12-2/h4,7,10-12H,3,5-6,8-9H2,1-2H3/b7-4+. The van der Waals surface area contributed by atoms with E-state index >= 15 is 0 Å². The fourth-order valence-corrected chi connectivity index (χ4v) is 2.03. The van der Waals surface area contributed by atoms with Gasteiger partial charge in [-0.3, -0.25) is 0 Å². The van der Waals surface area contributed by atoms with Crippen molar-refractivity contribution in [3.05, 3.63) is 12.2 Å². The van der Waals surface area contributed by atoms with Gasteiger partial charge in [0.15, 0.2) is 0 Å². The van der Waals surface area contributed by atoms with Gasteiger partial charge in [0, 0.05) is 6.54 Å². The third-order valence-electron chi connectivity index (χ3n) is 2.71. The zero-order chi connectivity index (χ0) is 8.81. The molecule has 2 atom stereocenters. The molecule has 0 heterocycles. The summed E-state index contributed by atoms with van der Waals surface area (Å²) >= 11 is 0. The lowest BCUT2D eigenvalue weighted by Crippen LogP contribution is -2.12. The first-order valence-electron chi connectivity index (χ1n) is 5.14. The van der Waals surface area contributed by atoms with E-state index in [0.717, 1.165) is 18.4 Å². The Bertz CT molecular complexity index is 140. The SMILES string of the molecule is CNC/C=C/C1CCCC(C)C1. The molecule has 1 heteroatoms. The molecule has 1 aliphatic carbocycles. The molecule has 0 aromatic heterocycles. The van der Waals surface area contributed by atoms with Crippen LogP contribution >= 0.6 is 0 Å². The lowest BCUT2D eigenvalue weighted by atomic mass is 9.82. The van der Waals surface area contributed by atoms with Crippen molar-refractivity contribution in [2.75, 3.05) is 13.6 Å². The van der Waals surface area contributed by atoms with E-state index < -0.39 is 0 Å². The van der Waals surface area contributed by atoms with Crippen molar-refractivity contribution in [1.82, 2.24) is 5.32 Å². The Balaban J connectivity index is 2.22. The van der Waals surface area contributed by atoms with Crippen LogP contribution in [0.4, 0.5) is 0 Å². The molecule has 12 heavy (non-hydrogen) atoms. The van der Waals surface area contributed by atoms with Gasteiger partial charge in [0.25, 0.3) is 0 Å². The minimum atomic E-state index is 0.863. The van der Waals surface area contributed by atoms with Gasteiger partial charge in [-0.1, -0.05) is 31.9 Å². The van der Waals surface area contributed by atoms with E-state index in [1.54, 1.807) is 0 Å². The van der Waals surface area contributed by atoms with Gasteiger partial charge in [-0.05, 0) is 31.7 Å². The number of rotatable bonds is 3. The van der Waals surface area contributed by atoms with Gasteiger partial charge in [-0.15, -0.1) is 0 Å². The highest BCUT2D eigenvalue weighted by atomic mass is 14.8. The Morgan fingerprint density at radius 1 is 1.42 bits per heavy atom. The highest BCUT2D eigenvalue weighted by Gasteiger charge is 2.15. The maximum absolute atomic E-state index is 3.13. The van der Waals surface area contributed by atoms with Crippen LogP contribution < -0.4 is 5.32 Å². The van der Waals surface area contributed by atoms with E-state index in [-0.39, 0.29) is 0 Å². The molecule has 70 valence electrons. The fraction of sp³-hybridized carbons (Fsp3) is 0.818. The van der Waals surface area contributed by atoms with Crippen LogP contribution in [0.3, 0.4) is 0 Å². The maximum atomic E-state index is 3.13. The molecule has 0 aromatic rings. The van der Waals surface area contributed by atoms with E-state index in [2.05, 4.69) is 24.4 Å². The van der Waals surface area contributed by atoms with Crippen molar-refractivity contribution in [3.8, 4) is 0 Å². The molecule has 0 aromatic carbocycles. The lowest BCUT2D eigenvalue weighted by molar-refractivity contribution is 0.325. The van der Waals surface area contributed by atoms with Crippen molar-refractivity contribution in [3.63, 3.8) is 0 Å². The van der Waals surface area contributed by atoms with Gasteiger partial charge in [0.2, 0.25) is 0 Å². The first kappa shape index (κ1) is 9.79. The van der Waals surface area contributed by atoms with Gasteiger partial charge in [-0.2, -0.15) is 0 Å². The quantitative estimate of drug-likeness (QED) is 0.637. The molecule has 0 radical (unpaired) electrons. The van der Waals surface area contributed by atoms with Gasteiger partial charge in [0.05, 0.1) is 0 Å². The predicted molar refractivity (Wildman–Crippen MR) is 54.2 cm³/mol. The molecule has 1 saturated carbocycles. The zero-order valence-electron chi connectivity index (χ0n) is 8.34. The van der Waals surface area contributed by atoms with E-state index in [0.29, 0.717) is 0 Å². The molecule has 0 bridgehead atoms. The first-order valence-corrected chi connectivity index (χ1v) is 5.14. The molecule has 1 fully saturated rings. The molecule has 0 spiro atoms. The Hall–Kier alpha value is -0.300. The number of likely N-dealkylation sites (N-methyl/N-ethyl adjacent to an activating group) is 1. The van der Waals surface area contributed by atoms with Gasteiger partial charge < -0.3 is 5.32 Å². The fourth-order valence-electron chi connectivity index (χ4n) is 2.03. The van der Waals surface area contributed by atoms with Crippen molar-refractivity contribution >= 4 is 0 Å². The second-order valence-corrected chi connectivity index (χ2v) is 4.02. The molecule has 0 saturated heterocycles. The summed E-state index contributed by atoms with van der Waals surface area (Å²) in [6.45, 7) is 3.39. The molecule has 1 nitrogen and oxygen atoms in total. The van der Waals surface area contributed by atoms with Crippen LogP contribution in [-0.2, 0) is 0 Å². The molecule has 1 aliphatic rings. The van der Waals surface area contributed by atoms with Crippen LogP contribution in [0.2, 0.25) is 0 Å². The molecule has 0 aliphatic heterocycles. The topological polar surface area (TPSA) is 12.0 Å². The van der Waals surface area contributed by atoms with Crippen LogP contribution in [0.15, 0.2) is 12.2 Å². The summed E-state index contributed by atoms with van der Waals surface area (Å²) in [6, 6.07) is 0. The Kier molecular flexibility index (Phi) is 4.37. The smallest absolute Gasteiger partial charge is 0.0131 e. The number of nitrogens with one attached hydrogen (secondary N) is 1. The minimum absolute atomic E-state index is 0.863. The number of allylic oxidation sites excluding steroid dienone is 1. The predicted octanol–water partition coefficient (Wildman–Crippen LogP) is 2.59. The number of hydrogen-bond acceptors (Lipinski definition) is 1. The van der Waals surface area contributed by atoms with Crippen LogP contribution in [0.1, 0.15) is 32.6 Å². The number of hydrogen-bond donors (Lipinski definition) is 1. The van der Waals surface area contributed by atoms with E-state index in [4.69, 9.17) is 0 Å². The minimum Gasteiger partial charge on any atom is -0.316 e. The second-order valence-electron chi connectivity index (χ2n) is 4.02. The monoisotopic (exact) mass is 167 g/mol. The zero-order valence-corrected chi connectivity index (χ0v) is 8.34. The van der Waals surface area contributed by atoms with E-state index in [9.17, 15) is 0 Å². The largest absolute Gasteiger partial charge is 0.316 e. The third kappa shape index (κ3) is 3.40.